The first-order valence-corrected chi connectivity index (χ1v) is 15.9. The minimum atomic E-state index is -0.476. The highest BCUT2D eigenvalue weighted by Gasteiger charge is 2.73. The summed E-state index contributed by atoms with van der Waals surface area (Å²) in [5.41, 5.74) is 0.0371. The number of hydrogen-bond donors (Lipinski definition) is 0. The van der Waals surface area contributed by atoms with Gasteiger partial charge in [0.1, 0.15) is 6.10 Å². The second kappa shape index (κ2) is 9.55. The zero-order valence-electron chi connectivity index (χ0n) is 25.3. The molecular formula is C33H55BO3. The Hall–Kier alpha value is -0.505. The van der Waals surface area contributed by atoms with Crippen molar-refractivity contribution in [2.45, 2.75) is 150 Å². The fourth-order valence-corrected chi connectivity index (χ4v) is 10.9. The zero-order chi connectivity index (χ0) is 27.0. The minimum Gasteiger partial charge on any atom is -0.462 e. The molecule has 4 heteroatoms. The van der Waals surface area contributed by atoms with E-state index in [1.165, 1.54) is 44.9 Å². The van der Waals surface area contributed by atoms with Gasteiger partial charge in [-0.2, -0.15) is 0 Å². The van der Waals surface area contributed by atoms with E-state index in [2.05, 4.69) is 34.6 Å². The number of carbonyl (C=O) groups is 1. The van der Waals surface area contributed by atoms with Crippen molar-refractivity contribution in [3.8, 4) is 0 Å². The molecule has 1 saturated heterocycles. The van der Waals surface area contributed by atoms with Crippen molar-refractivity contribution >= 4 is 13.8 Å². The smallest absolute Gasteiger partial charge is 0.311 e. The van der Waals surface area contributed by atoms with Crippen LogP contribution < -0.4 is 0 Å². The highest BCUT2D eigenvalue weighted by Crippen LogP contribution is 2.77. The van der Waals surface area contributed by atoms with Gasteiger partial charge in [0.15, 0.2) is 0 Å². The highest BCUT2D eigenvalue weighted by atomic mass is 16.5. The predicted molar refractivity (Wildman–Crippen MR) is 151 cm³/mol. The summed E-state index contributed by atoms with van der Waals surface area (Å²) in [4.78, 5) is 12.7. The Kier molecular flexibility index (Phi) is 7.24. The lowest BCUT2D eigenvalue weighted by atomic mass is 9.34. The van der Waals surface area contributed by atoms with Crippen molar-refractivity contribution < 1.29 is 14.3 Å². The van der Waals surface area contributed by atoms with E-state index in [9.17, 15) is 4.79 Å². The molecule has 5 rings (SSSR count). The first-order chi connectivity index (χ1) is 17.2. The monoisotopic (exact) mass is 510 g/mol. The van der Waals surface area contributed by atoms with Gasteiger partial charge in [0, 0.05) is 0 Å². The van der Waals surface area contributed by atoms with Gasteiger partial charge in [0.2, 0.25) is 0 Å². The van der Waals surface area contributed by atoms with Gasteiger partial charge in [0.25, 0.3) is 0 Å². The Morgan fingerprint density at radius 2 is 1.78 bits per heavy atom. The minimum absolute atomic E-state index is 0.0352. The molecule has 5 fully saturated rings. The van der Waals surface area contributed by atoms with Crippen molar-refractivity contribution in [2.75, 3.05) is 0 Å². The van der Waals surface area contributed by atoms with E-state index in [4.69, 9.17) is 17.3 Å². The molecule has 3 nitrogen and oxygen atoms in total. The largest absolute Gasteiger partial charge is 0.462 e. The van der Waals surface area contributed by atoms with Crippen LogP contribution in [0.4, 0.5) is 0 Å². The summed E-state index contributed by atoms with van der Waals surface area (Å²) >= 11 is 0. The van der Waals surface area contributed by atoms with E-state index >= 15 is 0 Å². The molecule has 11 atom stereocenters. The SMILES string of the molecule is [B][C@]12C[C@@H](OC(=O)C(C)(C)C)CC[C@]13C1CC[C@@]4(C)C(CC[C@@H]4[C@H](C)CCCC(C)C)C1C[C@H]2O[C@@H]3C. The van der Waals surface area contributed by atoms with Crippen molar-refractivity contribution in [3.05, 3.63) is 0 Å². The second-order valence-corrected chi connectivity index (χ2v) is 16.0. The van der Waals surface area contributed by atoms with Gasteiger partial charge in [-0.3, -0.25) is 4.79 Å². The molecule has 2 bridgehead atoms. The zero-order valence-corrected chi connectivity index (χ0v) is 25.3. The summed E-state index contributed by atoms with van der Waals surface area (Å²) in [5, 5.41) is -0.370. The molecule has 5 aliphatic rings. The summed E-state index contributed by atoms with van der Waals surface area (Å²) in [6, 6.07) is 0. The molecule has 4 saturated carbocycles. The van der Waals surface area contributed by atoms with E-state index < -0.39 is 5.41 Å². The molecule has 4 aliphatic carbocycles. The number of carbonyl (C=O) groups excluding carboxylic acids is 1. The van der Waals surface area contributed by atoms with E-state index in [-0.39, 0.29) is 35.0 Å². The van der Waals surface area contributed by atoms with Gasteiger partial charge < -0.3 is 9.47 Å². The van der Waals surface area contributed by atoms with Crippen LogP contribution in [0.3, 0.4) is 0 Å². The van der Waals surface area contributed by atoms with E-state index in [1.807, 2.05) is 20.8 Å². The van der Waals surface area contributed by atoms with Crippen LogP contribution in [0.15, 0.2) is 0 Å². The number of esters is 1. The fraction of sp³-hybridized carbons (Fsp3) is 0.970. The quantitative estimate of drug-likeness (QED) is 0.267. The predicted octanol–water partition coefficient (Wildman–Crippen LogP) is 8.15. The van der Waals surface area contributed by atoms with Gasteiger partial charge in [-0.05, 0) is 131 Å². The molecule has 3 unspecified atom stereocenters. The third-order valence-electron chi connectivity index (χ3n) is 12.7. The summed E-state index contributed by atoms with van der Waals surface area (Å²) in [6.45, 7) is 18.1. The summed E-state index contributed by atoms with van der Waals surface area (Å²) < 4.78 is 12.9. The Labute approximate surface area is 229 Å². The molecule has 208 valence electrons. The van der Waals surface area contributed by atoms with Crippen LogP contribution in [0.5, 0.6) is 0 Å². The highest BCUT2D eigenvalue weighted by molar-refractivity contribution is 6.17. The van der Waals surface area contributed by atoms with Gasteiger partial charge in [0.05, 0.1) is 25.5 Å². The fourth-order valence-electron chi connectivity index (χ4n) is 10.9. The van der Waals surface area contributed by atoms with Gasteiger partial charge in [-0.1, -0.05) is 47.0 Å². The molecule has 2 radical (unpaired) electrons. The summed E-state index contributed by atoms with van der Waals surface area (Å²) in [5.74, 6) is 4.64. The van der Waals surface area contributed by atoms with Gasteiger partial charge in [-0.25, -0.2) is 0 Å². The average Bonchev–Trinajstić information content (AvgIpc) is 3.20. The molecule has 1 aliphatic heterocycles. The van der Waals surface area contributed by atoms with Crippen LogP contribution in [0.1, 0.15) is 126 Å². The van der Waals surface area contributed by atoms with Crippen LogP contribution in [0.25, 0.3) is 0 Å². The third-order valence-corrected chi connectivity index (χ3v) is 12.7. The van der Waals surface area contributed by atoms with Crippen LogP contribution in [-0.2, 0) is 14.3 Å². The summed E-state index contributed by atoms with van der Waals surface area (Å²) in [6.07, 6.45) is 13.7. The summed E-state index contributed by atoms with van der Waals surface area (Å²) in [7, 11) is 7.49. The molecule has 0 spiro atoms. The van der Waals surface area contributed by atoms with Crippen molar-refractivity contribution in [1.82, 2.24) is 0 Å². The topological polar surface area (TPSA) is 35.5 Å². The van der Waals surface area contributed by atoms with Gasteiger partial charge in [-0.15, -0.1) is 0 Å². The molecule has 0 aromatic heterocycles. The lowest BCUT2D eigenvalue weighted by molar-refractivity contribution is -0.168. The molecule has 0 amide bonds. The molecular weight excluding hydrogens is 455 g/mol. The first kappa shape index (κ1) is 28.0. The standard InChI is InChI=1S/C33H55BO3/c1-20(2)10-9-11-21(3)25-12-13-26-24-18-28-33(34)19-23(37-29(35)30(5,6)7)14-17-32(33,22(4)36-28)27(24)15-16-31(25,26)8/h20-28H,9-19H2,1-8H3/t21-,22-,23+,24?,25-,26?,27?,28-,31-,32+,33+/m1/s1. The van der Waals surface area contributed by atoms with E-state index in [0.717, 1.165) is 55.3 Å². The lowest BCUT2D eigenvalue weighted by Gasteiger charge is -2.65. The average molecular weight is 511 g/mol. The van der Waals surface area contributed by atoms with Crippen LogP contribution in [-0.4, -0.2) is 32.1 Å². The maximum absolute atomic E-state index is 12.7. The van der Waals surface area contributed by atoms with Crippen molar-refractivity contribution in [1.29, 1.82) is 0 Å². The van der Waals surface area contributed by atoms with Gasteiger partial charge >= 0.3 is 5.97 Å². The Bertz CT molecular complexity index is 864. The van der Waals surface area contributed by atoms with Crippen LogP contribution >= 0.6 is 0 Å². The second-order valence-electron chi connectivity index (χ2n) is 16.0. The Morgan fingerprint density at radius 1 is 1.05 bits per heavy atom. The molecule has 0 N–H and O–H groups in total. The molecule has 37 heavy (non-hydrogen) atoms. The van der Waals surface area contributed by atoms with Crippen molar-refractivity contribution in [2.24, 2.45) is 51.8 Å². The normalized spacial score (nSPS) is 47.8. The maximum Gasteiger partial charge on any atom is 0.311 e. The number of ether oxygens (including phenoxy) is 2. The molecule has 0 aromatic rings. The number of hydrogen-bond acceptors (Lipinski definition) is 3. The lowest BCUT2D eigenvalue weighted by Crippen LogP contribution is -2.61. The Morgan fingerprint density at radius 3 is 2.46 bits per heavy atom. The number of rotatable bonds is 6. The molecule has 0 aromatic carbocycles. The maximum atomic E-state index is 12.7. The van der Waals surface area contributed by atoms with Crippen LogP contribution in [0, 0.1) is 51.8 Å². The Balaban J connectivity index is 1.35. The van der Waals surface area contributed by atoms with Crippen molar-refractivity contribution in [3.63, 3.8) is 0 Å². The van der Waals surface area contributed by atoms with E-state index in [1.54, 1.807) is 0 Å². The number of fused-ring (bicyclic) bond motifs is 3. The van der Waals surface area contributed by atoms with Crippen LogP contribution in [0.2, 0.25) is 5.31 Å². The molecule has 1 heterocycles. The van der Waals surface area contributed by atoms with E-state index in [0.29, 0.717) is 11.3 Å². The third kappa shape index (κ3) is 4.28. The first-order valence-electron chi connectivity index (χ1n) is 15.9.